The predicted molar refractivity (Wildman–Crippen MR) is 111 cm³/mol. The van der Waals surface area contributed by atoms with Gasteiger partial charge in [0.05, 0.1) is 32.3 Å². The number of nitrogens with one attached hydrogen (secondary N) is 2. The molecular formula is C20H24N2O7S. The number of ketones is 1. The zero-order valence-electron chi connectivity index (χ0n) is 17.3. The lowest BCUT2D eigenvalue weighted by molar-refractivity contribution is -0.117. The van der Waals surface area contributed by atoms with Crippen molar-refractivity contribution < 1.29 is 32.2 Å². The largest absolute Gasteiger partial charge is 0.493 e. The SMILES string of the molecule is COc1cc(NC(=O)[C@H](C)NS(=O)(=O)c2ccc(C(C)=O)cc2)cc(OC)c1OC. The smallest absolute Gasteiger partial charge is 0.242 e. The molecule has 0 radical (unpaired) electrons. The molecule has 0 fully saturated rings. The number of carbonyl (C=O) groups excluding carboxylic acids is 2. The highest BCUT2D eigenvalue weighted by Crippen LogP contribution is 2.39. The van der Waals surface area contributed by atoms with Crippen molar-refractivity contribution in [2.75, 3.05) is 26.6 Å². The van der Waals surface area contributed by atoms with Crippen molar-refractivity contribution in [3.8, 4) is 17.2 Å². The second-order valence-electron chi connectivity index (χ2n) is 6.33. The van der Waals surface area contributed by atoms with Gasteiger partial charge in [-0.15, -0.1) is 0 Å². The van der Waals surface area contributed by atoms with E-state index in [4.69, 9.17) is 14.2 Å². The number of methoxy groups -OCH3 is 3. The van der Waals surface area contributed by atoms with Crippen LogP contribution < -0.4 is 24.2 Å². The van der Waals surface area contributed by atoms with E-state index in [0.717, 1.165) is 0 Å². The molecule has 1 amide bonds. The fraction of sp³-hybridized carbons (Fsp3) is 0.300. The van der Waals surface area contributed by atoms with Crippen LogP contribution in [0.25, 0.3) is 0 Å². The number of hydrogen-bond donors (Lipinski definition) is 2. The third-order valence-corrected chi connectivity index (χ3v) is 5.79. The highest BCUT2D eigenvalue weighted by Gasteiger charge is 2.23. The van der Waals surface area contributed by atoms with Crippen LogP contribution in [0.4, 0.5) is 5.69 Å². The molecule has 9 nitrogen and oxygen atoms in total. The van der Waals surface area contributed by atoms with Gasteiger partial charge in [0.1, 0.15) is 0 Å². The summed E-state index contributed by atoms with van der Waals surface area (Å²) < 4.78 is 43.1. The Morgan fingerprint density at radius 3 is 1.90 bits per heavy atom. The van der Waals surface area contributed by atoms with Gasteiger partial charge in [-0.3, -0.25) is 9.59 Å². The first kappa shape index (κ1) is 23.2. The van der Waals surface area contributed by atoms with E-state index in [9.17, 15) is 18.0 Å². The van der Waals surface area contributed by atoms with Gasteiger partial charge in [-0.25, -0.2) is 8.42 Å². The summed E-state index contributed by atoms with van der Waals surface area (Å²) in [7, 11) is 0.373. The minimum Gasteiger partial charge on any atom is -0.493 e. The van der Waals surface area contributed by atoms with Crippen LogP contribution in [0.2, 0.25) is 0 Å². The molecule has 0 aliphatic carbocycles. The second-order valence-corrected chi connectivity index (χ2v) is 8.04. The molecule has 162 valence electrons. The molecule has 2 rings (SSSR count). The van der Waals surface area contributed by atoms with Crippen LogP contribution in [0, 0.1) is 0 Å². The number of rotatable bonds is 9. The number of amides is 1. The first-order valence-corrected chi connectivity index (χ1v) is 10.4. The number of carbonyl (C=O) groups is 2. The van der Waals surface area contributed by atoms with Crippen LogP contribution >= 0.6 is 0 Å². The van der Waals surface area contributed by atoms with Crippen molar-refractivity contribution in [1.82, 2.24) is 4.72 Å². The minimum absolute atomic E-state index is 0.0556. The molecule has 0 aliphatic heterocycles. The number of anilines is 1. The topological polar surface area (TPSA) is 120 Å². The summed E-state index contributed by atoms with van der Waals surface area (Å²) in [5, 5.41) is 2.61. The lowest BCUT2D eigenvalue weighted by Gasteiger charge is -2.17. The number of sulfonamides is 1. The second kappa shape index (κ2) is 9.59. The molecule has 0 aromatic heterocycles. The molecule has 2 aromatic carbocycles. The maximum absolute atomic E-state index is 12.5. The summed E-state index contributed by atoms with van der Waals surface area (Å²) in [6, 6.07) is 7.42. The minimum atomic E-state index is -3.97. The molecule has 0 saturated carbocycles. The lowest BCUT2D eigenvalue weighted by Crippen LogP contribution is -2.41. The van der Waals surface area contributed by atoms with Crippen LogP contribution in [0.1, 0.15) is 24.2 Å². The van der Waals surface area contributed by atoms with Crippen LogP contribution in [-0.4, -0.2) is 47.5 Å². The molecule has 0 spiro atoms. The first-order chi connectivity index (χ1) is 14.1. The Bertz CT molecular complexity index is 1010. The Labute approximate surface area is 175 Å². The van der Waals surface area contributed by atoms with Gasteiger partial charge in [0.15, 0.2) is 17.3 Å². The molecule has 0 saturated heterocycles. The Morgan fingerprint density at radius 1 is 0.933 bits per heavy atom. The highest BCUT2D eigenvalue weighted by atomic mass is 32.2. The van der Waals surface area contributed by atoms with Crippen molar-refractivity contribution in [2.45, 2.75) is 24.8 Å². The third kappa shape index (κ3) is 5.28. The van der Waals surface area contributed by atoms with E-state index >= 15 is 0 Å². The molecule has 0 aliphatic rings. The summed E-state index contributed by atoms with van der Waals surface area (Å²) in [5.74, 6) is 0.274. The van der Waals surface area contributed by atoms with E-state index in [-0.39, 0.29) is 10.7 Å². The fourth-order valence-corrected chi connectivity index (χ4v) is 3.83. The van der Waals surface area contributed by atoms with Crippen molar-refractivity contribution in [1.29, 1.82) is 0 Å². The van der Waals surface area contributed by atoms with Crippen molar-refractivity contribution in [2.24, 2.45) is 0 Å². The lowest BCUT2D eigenvalue weighted by atomic mass is 10.2. The third-order valence-electron chi connectivity index (χ3n) is 4.23. The fourth-order valence-electron chi connectivity index (χ4n) is 2.63. The normalized spacial score (nSPS) is 12.0. The van der Waals surface area contributed by atoms with Crippen molar-refractivity contribution >= 4 is 27.4 Å². The standard InChI is InChI=1S/C20H24N2O7S/c1-12(22-30(25,26)16-8-6-14(7-9-16)13(2)23)20(24)21-15-10-17(27-3)19(29-5)18(11-15)28-4/h6-12,22H,1-5H3,(H,21,24)/t12-/m0/s1. The predicted octanol–water partition coefficient (Wildman–Crippen LogP) is 2.22. The number of Topliss-reactive ketones (excluding diaryl/α,β-unsaturated/α-hetero) is 1. The van der Waals surface area contributed by atoms with Gasteiger partial charge in [-0.1, -0.05) is 12.1 Å². The Kier molecular flexibility index (Phi) is 7.41. The quantitative estimate of drug-likeness (QED) is 0.578. The van der Waals surface area contributed by atoms with E-state index in [2.05, 4.69) is 10.0 Å². The van der Waals surface area contributed by atoms with Crippen molar-refractivity contribution in [3.63, 3.8) is 0 Å². The average Bonchev–Trinajstić information content (AvgIpc) is 2.72. The summed E-state index contributed by atoms with van der Waals surface area (Å²) in [5.41, 5.74) is 0.730. The van der Waals surface area contributed by atoms with Crippen LogP contribution in [0.5, 0.6) is 17.2 Å². The van der Waals surface area contributed by atoms with Gasteiger partial charge in [0.2, 0.25) is 21.7 Å². The van der Waals surface area contributed by atoms with Gasteiger partial charge in [0.25, 0.3) is 0 Å². The van der Waals surface area contributed by atoms with Crippen molar-refractivity contribution in [3.05, 3.63) is 42.0 Å². The molecule has 2 aromatic rings. The van der Waals surface area contributed by atoms with Gasteiger partial charge in [-0.05, 0) is 26.0 Å². The van der Waals surface area contributed by atoms with Gasteiger partial charge in [0, 0.05) is 23.4 Å². The molecule has 1 atom stereocenters. The summed E-state index contributed by atoms with van der Waals surface area (Å²) >= 11 is 0. The van der Waals surface area contributed by atoms with Gasteiger partial charge >= 0.3 is 0 Å². The van der Waals surface area contributed by atoms with Crippen LogP contribution in [-0.2, 0) is 14.8 Å². The molecular weight excluding hydrogens is 412 g/mol. The summed E-state index contributed by atoms with van der Waals surface area (Å²) in [4.78, 5) is 23.8. The number of hydrogen-bond acceptors (Lipinski definition) is 7. The Hall–Kier alpha value is -3.11. The first-order valence-electron chi connectivity index (χ1n) is 8.87. The molecule has 0 bridgehead atoms. The summed E-state index contributed by atoms with van der Waals surface area (Å²) in [6.07, 6.45) is 0. The zero-order valence-corrected chi connectivity index (χ0v) is 18.1. The molecule has 30 heavy (non-hydrogen) atoms. The molecule has 0 heterocycles. The van der Waals surface area contributed by atoms with Crippen LogP contribution in [0.15, 0.2) is 41.3 Å². The molecule has 2 N–H and O–H groups in total. The van der Waals surface area contributed by atoms with E-state index in [1.165, 1.54) is 71.6 Å². The van der Waals surface area contributed by atoms with Gasteiger partial charge in [-0.2, -0.15) is 4.72 Å². The average molecular weight is 436 g/mol. The Balaban J connectivity index is 2.17. The number of ether oxygens (including phenoxy) is 3. The Morgan fingerprint density at radius 2 is 1.47 bits per heavy atom. The molecule has 0 unspecified atom stereocenters. The maximum Gasteiger partial charge on any atom is 0.242 e. The van der Waals surface area contributed by atoms with Gasteiger partial charge < -0.3 is 19.5 Å². The van der Waals surface area contributed by atoms with E-state index in [0.29, 0.717) is 28.5 Å². The zero-order chi connectivity index (χ0) is 22.5. The monoisotopic (exact) mass is 436 g/mol. The van der Waals surface area contributed by atoms with E-state index < -0.39 is 22.0 Å². The van der Waals surface area contributed by atoms with Crippen LogP contribution in [0.3, 0.4) is 0 Å². The molecule has 10 heteroatoms. The number of benzene rings is 2. The van der Waals surface area contributed by atoms with E-state index in [1.54, 1.807) is 0 Å². The van der Waals surface area contributed by atoms with E-state index in [1.807, 2.05) is 0 Å². The maximum atomic E-state index is 12.5. The highest BCUT2D eigenvalue weighted by molar-refractivity contribution is 7.89. The summed E-state index contributed by atoms with van der Waals surface area (Å²) in [6.45, 7) is 2.80.